The summed E-state index contributed by atoms with van der Waals surface area (Å²) < 4.78 is 5.38. The molecule has 2 aliphatic rings. The Bertz CT molecular complexity index is 269. The van der Waals surface area contributed by atoms with Crippen LogP contribution in [0, 0.1) is 0 Å². The Kier molecular flexibility index (Phi) is 4.70. The van der Waals surface area contributed by atoms with Gasteiger partial charge in [-0.25, -0.2) is 0 Å². The quantitative estimate of drug-likeness (QED) is 0.815. The fourth-order valence-corrected chi connectivity index (χ4v) is 3.93. The van der Waals surface area contributed by atoms with E-state index in [0.29, 0.717) is 12.5 Å². The van der Waals surface area contributed by atoms with Crippen LogP contribution in [0.2, 0.25) is 0 Å². The van der Waals surface area contributed by atoms with Gasteiger partial charge in [0.15, 0.2) is 0 Å². The molecule has 2 saturated heterocycles. The first-order valence-electron chi connectivity index (χ1n) is 6.41. The predicted octanol–water partition coefficient (Wildman–Crippen LogP) is 0.847. The first-order valence-corrected chi connectivity index (χ1v) is 7.46. The minimum absolute atomic E-state index is 0.169. The molecule has 2 aliphatic heterocycles. The number of rotatable bonds is 3. The van der Waals surface area contributed by atoms with E-state index < -0.39 is 0 Å². The van der Waals surface area contributed by atoms with Crippen LogP contribution in [0.1, 0.15) is 25.7 Å². The molecule has 2 rings (SSSR count). The third-order valence-corrected chi connectivity index (χ3v) is 5.13. The zero-order chi connectivity index (χ0) is 12.3. The lowest BCUT2D eigenvalue weighted by Crippen LogP contribution is -2.53. The van der Waals surface area contributed by atoms with Gasteiger partial charge in [0.25, 0.3) is 0 Å². The highest BCUT2D eigenvalue weighted by molar-refractivity contribution is 8.00. The third kappa shape index (κ3) is 2.95. The summed E-state index contributed by atoms with van der Waals surface area (Å²) in [6.45, 7) is 1.35. The number of hydrogen-bond acceptors (Lipinski definition) is 4. The molecule has 0 radical (unpaired) electrons. The number of nitrogens with zero attached hydrogens (tertiary/aromatic N) is 1. The van der Waals surface area contributed by atoms with E-state index in [2.05, 4.69) is 0 Å². The van der Waals surface area contributed by atoms with Crippen LogP contribution in [0.15, 0.2) is 0 Å². The molecule has 0 aliphatic carbocycles. The molecule has 0 aromatic heterocycles. The Morgan fingerprint density at radius 3 is 2.94 bits per heavy atom. The number of carbonyl (C=O) groups excluding carboxylic acids is 1. The van der Waals surface area contributed by atoms with E-state index in [9.17, 15) is 4.79 Å². The highest BCUT2D eigenvalue weighted by Gasteiger charge is 2.35. The predicted molar refractivity (Wildman–Crippen MR) is 70.1 cm³/mol. The van der Waals surface area contributed by atoms with Crippen molar-refractivity contribution in [3.8, 4) is 0 Å². The fraction of sp³-hybridized carbons (Fsp3) is 0.917. The van der Waals surface area contributed by atoms with Gasteiger partial charge in [-0.2, -0.15) is 0 Å². The Balaban J connectivity index is 1.96. The summed E-state index contributed by atoms with van der Waals surface area (Å²) in [5, 5.41) is 0.183. The molecule has 0 saturated carbocycles. The molecule has 0 aromatic rings. The second-order valence-electron chi connectivity index (χ2n) is 4.80. The van der Waals surface area contributed by atoms with Crippen LogP contribution in [-0.2, 0) is 9.53 Å². The summed E-state index contributed by atoms with van der Waals surface area (Å²) in [7, 11) is 1.74. The maximum absolute atomic E-state index is 12.4. The standard InChI is InChI=1S/C12H22N2O2S/c1-16-10-4-5-14(9(7-10)8-13)12(15)11-3-2-6-17-11/h9-11H,2-8,13H2,1H3. The van der Waals surface area contributed by atoms with Crippen molar-refractivity contribution in [2.75, 3.05) is 26.0 Å². The summed E-state index contributed by atoms with van der Waals surface area (Å²) in [5.41, 5.74) is 5.79. The van der Waals surface area contributed by atoms with Gasteiger partial charge in [0.1, 0.15) is 0 Å². The third-order valence-electron chi connectivity index (χ3n) is 3.76. The van der Waals surface area contributed by atoms with E-state index in [4.69, 9.17) is 10.5 Å². The Hall–Kier alpha value is -0.260. The van der Waals surface area contributed by atoms with Crippen LogP contribution < -0.4 is 5.73 Å². The molecule has 0 spiro atoms. The van der Waals surface area contributed by atoms with Gasteiger partial charge in [-0.15, -0.1) is 11.8 Å². The molecule has 3 atom stereocenters. The second kappa shape index (κ2) is 6.07. The molecule has 2 heterocycles. The summed E-state index contributed by atoms with van der Waals surface area (Å²) in [5.74, 6) is 1.43. The van der Waals surface area contributed by atoms with Gasteiger partial charge in [-0.1, -0.05) is 0 Å². The molecule has 0 aromatic carbocycles. The smallest absolute Gasteiger partial charge is 0.235 e. The average Bonchev–Trinajstić information content (AvgIpc) is 2.91. The van der Waals surface area contributed by atoms with Gasteiger partial charge >= 0.3 is 0 Å². The Labute approximate surface area is 107 Å². The van der Waals surface area contributed by atoms with Crippen molar-refractivity contribution in [1.82, 2.24) is 4.90 Å². The lowest BCUT2D eigenvalue weighted by Gasteiger charge is -2.39. The molecule has 5 heteroatoms. The van der Waals surface area contributed by atoms with Gasteiger partial charge in [0.05, 0.1) is 11.4 Å². The Morgan fingerprint density at radius 2 is 2.35 bits per heavy atom. The number of thioether (sulfide) groups is 1. The van der Waals surface area contributed by atoms with Crippen molar-refractivity contribution in [1.29, 1.82) is 0 Å². The average molecular weight is 258 g/mol. The molecular weight excluding hydrogens is 236 g/mol. The van der Waals surface area contributed by atoms with Crippen LogP contribution in [0.5, 0.6) is 0 Å². The normalized spacial score (nSPS) is 34.0. The zero-order valence-electron chi connectivity index (χ0n) is 10.4. The van der Waals surface area contributed by atoms with Crippen LogP contribution in [0.4, 0.5) is 0 Å². The number of hydrogen-bond donors (Lipinski definition) is 1. The van der Waals surface area contributed by atoms with E-state index in [0.717, 1.165) is 31.6 Å². The van der Waals surface area contributed by atoms with Crippen LogP contribution in [-0.4, -0.2) is 54.2 Å². The maximum atomic E-state index is 12.4. The topological polar surface area (TPSA) is 55.6 Å². The maximum Gasteiger partial charge on any atom is 0.235 e. The minimum atomic E-state index is 0.169. The Morgan fingerprint density at radius 1 is 1.53 bits per heavy atom. The number of likely N-dealkylation sites (tertiary alicyclic amines) is 1. The number of methoxy groups -OCH3 is 1. The molecule has 2 fully saturated rings. The molecular formula is C12H22N2O2S. The highest BCUT2D eigenvalue weighted by Crippen LogP contribution is 2.30. The minimum Gasteiger partial charge on any atom is -0.381 e. The van der Waals surface area contributed by atoms with Crippen molar-refractivity contribution in [2.45, 2.75) is 43.1 Å². The molecule has 2 N–H and O–H groups in total. The summed E-state index contributed by atoms with van der Waals surface area (Å²) in [6.07, 6.45) is 4.30. The number of ether oxygens (including phenoxy) is 1. The number of amides is 1. The van der Waals surface area contributed by atoms with Crippen molar-refractivity contribution >= 4 is 17.7 Å². The van der Waals surface area contributed by atoms with Crippen LogP contribution >= 0.6 is 11.8 Å². The van der Waals surface area contributed by atoms with E-state index in [1.807, 2.05) is 4.90 Å². The monoisotopic (exact) mass is 258 g/mol. The molecule has 4 nitrogen and oxygen atoms in total. The largest absolute Gasteiger partial charge is 0.381 e. The van der Waals surface area contributed by atoms with E-state index in [1.54, 1.807) is 18.9 Å². The van der Waals surface area contributed by atoms with Gasteiger partial charge in [-0.05, 0) is 31.4 Å². The summed E-state index contributed by atoms with van der Waals surface area (Å²) >= 11 is 1.80. The molecule has 98 valence electrons. The first kappa shape index (κ1) is 13.2. The zero-order valence-corrected chi connectivity index (χ0v) is 11.2. The van der Waals surface area contributed by atoms with Crippen molar-refractivity contribution in [3.63, 3.8) is 0 Å². The van der Waals surface area contributed by atoms with E-state index in [-0.39, 0.29) is 17.4 Å². The first-order chi connectivity index (χ1) is 8.26. The second-order valence-corrected chi connectivity index (χ2v) is 6.12. The lowest BCUT2D eigenvalue weighted by molar-refractivity contribution is -0.136. The van der Waals surface area contributed by atoms with Crippen molar-refractivity contribution < 1.29 is 9.53 Å². The summed E-state index contributed by atoms with van der Waals surface area (Å²) in [6, 6.07) is 0.169. The van der Waals surface area contributed by atoms with Crippen molar-refractivity contribution in [3.05, 3.63) is 0 Å². The van der Waals surface area contributed by atoms with Crippen LogP contribution in [0.3, 0.4) is 0 Å². The molecule has 1 amide bonds. The van der Waals surface area contributed by atoms with E-state index in [1.165, 1.54) is 6.42 Å². The summed E-state index contributed by atoms with van der Waals surface area (Å²) in [4.78, 5) is 14.4. The van der Waals surface area contributed by atoms with Gasteiger partial charge in [0, 0.05) is 26.2 Å². The van der Waals surface area contributed by atoms with Crippen LogP contribution in [0.25, 0.3) is 0 Å². The van der Waals surface area contributed by atoms with Gasteiger partial charge in [-0.3, -0.25) is 4.79 Å². The SMILES string of the molecule is COC1CCN(C(=O)C2CCCS2)C(CN)C1. The van der Waals surface area contributed by atoms with Gasteiger partial charge in [0.2, 0.25) is 5.91 Å². The number of piperidine rings is 1. The lowest BCUT2D eigenvalue weighted by atomic mass is 9.98. The molecule has 3 unspecified atom stereocenters. The molecule has 17 heavy (non-hydrogen) atoms. The van der Waals surface area contributed by atoms with E-state index >= 15 is 0 Å². The number of nitrogens with two attached hydrogens (primary N) is 1. The van der Waals surface area contributed by atoms with Gasteiger partial charge < -0.3 is 15.4 Å². The highest BCUT2D eigenvalue weighted by atomic mass is 32.2. The fourth-order valence-electron chi connectivity index (χ4n) is 2.70. The van der Waals surface area contributed by atoms with Crippen molar-refractivity contribution in [2.24, 2.45) is 5.73 Å². The molecule has 0 bridgehead atoms. The number of carbonyl (C=O) groups is 1.